The summed E-state index contributed by atoms with van der Waals surface area (Å²) in [7, 11) is 0. The Hall–Kier alpha value is -3.30. The molecule has 10 heteroatoms. The number of hydrogen-bond acceptors (Lipinski definition) is 5. The average molecular weight is 522 g/mol. The molecule has 0 unspecified atom stereocenters. The molecule has 0 bridgehead atoms. The maximum absolute atomic E-state index is 13.0. The molecule has 1 saturated heterocycles. The van der Waals surface area contributed by atoms with Gasteiger partial charge < -0.3 is 19.7 Å². The number of nitrogens with one attached hydrogen (secondary N) is 1. The van der Waals surface area contributed by atoms with E-state index in [1.165, 1.54) is 24.3 Å². The summed E-state index contributed by atoms with van der Waals surface area (Å²) in [5.74, 6) is 0.218. The zero-order valence-corrected chi connectivity index (χ0v) is 20.8. The second-order valence-corrected chi connectivity index (χ2v) is 8.57. The first-order chi connectivity index (χ1) is 16.6. The normalized spacial score (nSPS) is 17.8. The second kappa shape index (κ2) is 11.2. The third kappa shape index (κ3) is 6.67. The van der Waals surface area contributed by atoms with Crippen LogP contribution in [0.4, 0.5) is 24.7 Å². The van der Waals surface area contributed by atoms with E-state index in [-0.39, 0.29) is 36.3 Å². The molecule has 0 radical (unpaired) electrons. The number of halogens is 4. The molecule has 6 nitrogen and oxygen atoms in total. The Morgan fingerprint density at radius 2 is 1.72 bits per heavy atom. The van der Waals surface area contributed by atoms with Crippen LogP contribution in [0.5, 0.6) is 5.75 Å². The van der Waals surface area contributed by atoms with Crippen LogP contribution < -0.4 is 15.0 Å². The molecule has 4 rings (SSSR count). The van der Waals surface area contributed by atoms with E-state index >= 15 is 0 Å². The minimum Gasteiger partial charge on any atom is -0.406 e. The lowest BCUT2D eigenvalue weighted by molar-refractivity contribution is -0.274. The van der Waals surface area contributed by atoms with Gasteiger partial charge in [-0.1, -0.05) is 24.3 Å². The number of ether oxygens (including phenoxy) is 2. The molecule has 192 valence electrons. The Kier molecular flexibility index (Phi) is 8.47. The highest BCUT2D eigenvalue weighted by atomic mass is 35.5. The fraction of sp³-hybridized carbons (Fsp3) is 0.308. The van der Waals surface area contributed by atoms with Gasteiger partial charge in [0.15, 0.2) is 0 Å². The Morgan fingerprint density at radius 3 is 2.31 bits per heavy atom. The highest BCUT2D eigenvalue weighted by Crippen LogP contribution is 2.30. The van der Waals surface area contributed by atoms with Crippen molar-refractivity contribution in [2.45, 2.75) is 39.3 Å². The summed E-state index contributed by atoms with van der Waals surface area (Å²) >= 11 is 0. The first-order valence-corrected chi connectivity index (χ1v) is 11.2. The van der Waals surface area contributed by atoms with E-state index in [2.05, 4.69) is 19.9 Å². The third-order valence-corrected chi connectivity index (χ3v) is 5.73. The van der Waals surface area contributed by atoms with Crippen molar-refractivity contribution in [1.29, 1.82) is 0 Å². The number of morpholine rings is 1. The lowest BCUT2D eigenvalue weighted by Crippen LogP contribution is -2.45. The Bertz CT molecular complexity index is 1180. The molecule has 0 saturated carbocycles. The molecule has 2 heterocycles. The van der Waals surface area contributed by atoms with Crippen LogP contribution in [-0.2, 0) is 4.74 Å². The van der Waals surface area contributed by atoms with Gasteiger partial charge in [0.1, 0.15) is 11.6 Å². The molecule has 1 fully saturated rings. The standard InChI is InChI=1S/C26H26F3N3O3.ClH/c1-16-14-32(15-17(2)34-16)24-12-9-20(13-30-24)31-25(33)23-6-4-5-22(18(23)3)19-7-10-21(11-8-19)35-26(27,28)29;/h4-13,16-17H,14-15H2,1-3H3,(H,31,33);1H/t16-,17+;. The Balaban J connectivity index is 0.00000361. The minimum atomic E-state index is -4.75. The van der Waals surface area contributed by atoms with Crippen molar-refractivity contribution in [1.82, 2.24) is 4.98 Å². The van der Waals surface area contributed by atoms with Crippen LogP contribution in [0.1, 0.15) is 29.8 Å². The summed E-state index contributed by atoms with van der Waals surface area (Å²) in [5, 5.41) is 2.87. The molecule has 2 atom stereocenters. The smallest absolute Gasteiger partial charge is 0.406 e. The maximum atomic E-state index is 13.0. The van der Waals surface area contributed by atoms with E-state index in [4.69, 9.17) is 4.74 Å². The quantitative estimate of drug-likeness (QED) is 0.430. The summed E-state index contributed by atoms with van der Waals surface area (Å²) in [5.41, 5.74) is 3.13. The molecule has 1 N–H and O–H groups in total. The summed E-state index contributed by atoms with van der Waals surface area (Å²) in [6.45, 7) is 7.35. The molecule has 1 aliphatic rings. The number of rotatable bonds is 5. The van der Waals surface area contributed by atoms with Gasteiger partial charge in [-0.3, -0.25) is 4.79 Å². The monoisotopic (exact) mass is 521 g/mol. The van der Waals surface area contributed by atoms with Gasteiger partial charge in [0.05, 0.1) is 24.1 Å². The number of benzene rings is 2. The fourth-order valence-corrected chi connectivity index (χ4v) is 4.24. The van der Waals surface area contributed by atoms with Gasteiger partial charge >= 0.3 is 6.36 Å². The highest BCUT2D eigenvalue weighted by molar-refractivity contribution is 6.06. The highest BCUT2D eigenvalue weighted by Gasteiger charge is 2.31. The number of nitrogens with zero attached hydrogens (tertiary/aromatic N) is 2. The van der Waals surface area contributed by atoms with Gasteiger partial charge in [-0.15, -0.1) is 25.6 Å². The molecule has 1 aliphatic heterocycles. The molecule has 36 heavy (non-hydrogen) atoms. The van der Waals surface area contributed by atoms with Crippen LogP contribution in [0, 0.1) is 6.92 Å². The molecular formula is C26H27ClF3N3O3. The number of alkyl halides is 3. The van der Waals surface area contributed by atoms with Crippen molar-refractivity contribution < 1.29 is 27.4 Å². The summed E-state index contributed by atoms with van der Waals surface area (Å²) in [6.07, 6.45) is -2.90. The van der Waals surface area contributed by atoms with Gasteiger partial charge in [-0.2, -0.15) is 0 Å². The van der Waals surface area contributed by atoms with Crippen molar-refractivity contribution >= 4 is 29.8 Å². The first-order valence-electron chi connectivity index (χ1n) is 11.2. The zero-order chi connectivity index (χ0) is 25.2. The maximum Gasteiger partial charge on any atom is 0.573 e. The molecule has 3 aromatic rings. The molecular weight excluding hydrogens is 495 g/mol. The Labute approximate surface area is 213 Å². The predicted octanol–water partition coefficient (Wildman–Crippen LogP) is 6.24. The Morgan fingerprint density at radius 1 is 1.06 bits per heavy atom. The minimum absolute atomic E-state index is 0. The van der Waals surface area contributed by atoms with Crippen LogP contribution in [0.3, 0.4) is 0 Å². The van der Waals surface area contributed by atoms with E-state index in [1.807, 2.05) is 32.0 Å². The van der Waals surface area contributed by atoms with E-state index in [0.29, 0.717) is 22.4 Å². The lowest BCUT2D eigenvalue weighted by atomic mass is 9.96. The van der Waals surface area contributed by atoms with E-state index in [0.717, 1.165) is 24.5 Å². The largest absolute Gasteiger partial charge is 0.573 e. The van der Waals surface area contributed by atoms with Crippen molar-refractivity contribution in [3.05, 3.63) is 71.9 Å². The zero-order valence-electron chi connectivity index (χ0n) is 20.0. The van der Waals surface area contributed by atoms with Crippen molar-refractivity contribution in [2.24, 2.45) is 0 Å². The molecule has 1 amide bonds. The lowest BCUT2D eigenvalue weighted by Gasteiger charge is -2.36. The third-order valence-electron chi connectivity index (χ3n) is 5.73. The second-order valence-electron chi connectivity index (χ2n) is 8.57. The van der Waals surface area contributed by atoms with Crippen LogP contribution in [0.2, 0.25) is 0 Å². The summed E-state index contributed by atoms with van der Waals surface area (Å²) in [4.78, 5) is 19.6. The number of pyridine rings is 1. The number of anilines is 2. The molecule has 0 spiro atoms. The van der Waals surface area contributed by atoms with Crippen LogP contribution >= 0.6 is 12.4 Å². The summed E-state index contributed by atoms with van der Waals surface area (Å²) < 4.78 is 46.9. The van der Waals surface area contributed by atoms with Crippen LogP contribution in [-0.4, -0.2) is 42.6 Å². The number of aromatic nitrogens is 1. The number of carbonyl (C=O) groups is 1. The van der Waals surface area contributed by atoms with E-state index in [9.17, 15) is 18.0 Å². The average Bonchev–Trinajstić information content (AvgIpc) is 2.79. The van der Waals surface area contributed by atoms with Crippen molar-refractivity contribution in [3.8, 4) is 16.9 Å². The SMILES string of the molecule is Cc1c(C(=O)Nc2ccc(N3C[C@@H](C)O[C@@H](C)C3)nc2)cccc1-c1ccc(OC(F)(F)F)cc1.Cl. The van der Waals surface area contributed by atoms with Crippen LogP contribution in [0.25, 0.3) is 11.1 Å². The van der Waals surface area contributed by atoms with Crippen LogP contribution in [0.15, 0.2) is 60.8 Å². The van der Waals surface area contributed by atoms with Gasteiger partial charge in [0.25, 0.3) is 5.91 Å². The fourth-order valence-electron chi connectivity index (χ4n) is 4.24. The van der Waals surface area contributed by atoms with Crippen molar-refractivity contribution in [3.63, 3.8) is 0 Å². The van der Waals surface area contributed by atoms with Crippen molar-refractivity contribution in [2.75, 3.05) is 23.3 Å². The summed E-state index contributed by atoms with van der Waals surface area (Å²) in [6, 6.07) is 14.5. The van der Waals surface area contributed by atoms with Gasteiger partial charge in [-0.25, -0.2) is 4.98 Å². The predicted molar refractivity (Wildman–Crippen MR) is 135 cm³/mol. The van der Waals surface area contributed by atoms with Gasteiger partial charge in [0.2, 0.25) is 0 Å². The van der Waals surface area contributed by atoms with E-state index < -0.39 is 6.36 Å². The number of amides is 1. The topological polar surface area (TPSA) is 63.7 Å². The molecule has 2 aromatic carbocycles. The van der Waals surface area contributed by atoms with E-state index in [1.54, 1.807) is 25.3 Å². The number of carbonyl (C=O) groups excluding carboxylic acids is 1. The van der Waals surface area contributed by atoms with Gasteiger partial charge in [-0.05, 0) is 67.8 Å². The molecule has 0 aliphatic carbocycles. The number of hydrogen-bond donors (Lipinski definition) is 1. The first kappa shape index (κ1) is 27.3. The van der Waals surface area contributed by atoms with Gasteiger partial charge in [0, 0.05) is 18.7 Å². The molecule has 1 aromatic heterocycles.